The van der Waals surface area contributed by atoms with Gasteiger partial charge in [0.25, 0.3) is 0 Å². The van der Waals surface area contributed by atoms with Crippen LogP contribution in [0.2, 0.25) is 0 Å². The third kappa shape index (κ3) is 2.61. The van der Waals surface area contributed by atoms with Gasteiger partial charge in [-0.2, -0.15) is 0 Å². The van der Waals surface area contributed by atoms with Gasteiger partial charge in [-0.1, -0.05) is 6.92 Å². The van der Waals surface area contributed by atoms with Gasteiger partial charge in [-0.15, -0.1) is 0 Å². The molecule has 0 aliphatic rings. The lowest BCUT2D eigenvalue weighted by Crippen LogP contribution is -2.21. The van der Waals surface area contributed by atoms with Crippen molar-refractivity contribution in [1.82, 2.24) is 4.90 Å². The van der Waals surface area contributed by atoms with Crippen LogP contribution in [0, 0.1) is 6.92 Å². The quantitative estimate of drug-likeness (QED) is 0.492. The maximum Gasteiger partial charge on any atom is 0.209 e. The molecule has 0 heterocycles. The molecule has 0 aliphatic heterocycles. The van der Waals surface area contributed by atoms with E-state index >= 15 is 0 Å². The Morgan fingerprint density at radius 2 is 2.38 bits per heavy atom. The SMILES string of the molecule is [CH2]CCN(C=O)CC. The molecule has 0 unspecified atom stereocenters. The highest BCUT2D eigenvalue weighted by Crippen LogP contribution is 1.82. The van der Waals surface area contributed by atoms with E-state index in [1.807, 2.05) is 6.92 Å². The fraction of sp³-hybridized carbons (Fsp3) is 0.667. The first-order valence-corrected chi connectivity index (χ1v) is 2.83. The summed E-state index contributed by atoms with van der Waals surface area (Å²) in [6.07, 6.45) is 1.65. The molecule has 0 atom stereocenters. The topological polar surface area (TPSA) is 20.3 Å². The molecule has 0 aromatic carbocycles. The van der Waals surface area contributed by atoms with E-state index < -0.39 is 0 Å². The predicted molar refractivity (Wildman–Crippen MR) is 33.3 cm³/mol. The number of amides is 1. The standard InChI is InChI=1S/C6H12NO/c1-3-5-7(4-2)6-8/h6H,1,3-5H2,2H3. The molecule has 47 valence electrons. The summed E-state index contributed by atoms with van der Waals surface area (Å²) >= 11 is 0. The molecule has 0 rings (SSSR count). The van der Waals surface area contributed by atoms with Crippen LogP contribution >= 0.6 is 0 Å². The van der Waals surface area contributed by atoms with Crippen molar-refractivity contribution in [3.05, 3.63) is 6.92 Å². The monoisotopic (exact) mass is 114 g/mol. The third-order valence-corrected chi connectivity index (χ3v) is 1.00. The van der Waals surface area contributed by atoms with Crippen LogP contribution in [0.25, 0.3) is 0 Å². The second kappa shape index (κ2) is 4.62. The second-order valence-electron chi connectivity index (χ2n) is 1.59. The molecule has 0 fully saturated rings. The van der Waals surface area contributed by atoms with Gasteiger partial charge in [0.2, 0.25) is 6.41 Å². The van der Waals surface area contributed by atoms with Crippen molar-refractivity contribution in [2.24, 2.45) is 0 Å². The zero-order valence-corrected chi connectivity index (χ0v) is 5.26. The summed E-state index contributed by atoms with van der Waals surface area (Å²) < 4.78 is 0. The molecule has 0 aromatic heterocycles. The van der Waals surface area contributed by atoms with E-state index in [9.17, 15) is 4.79 Å². The Labute approximate surface area is 50.5 Å². The van der Waals surface area contributed by atoms with Crippen molar-refractivity contribution in [2.45, 2.75) is 13.3 Å². The first-order valence-electron chi connectivity index (χ1n) is 2.83. The van der Waals surface area contributed by atoms with Crippen molar-refractivity contribution in [1.29, 1.82) is 0 Å². The highest BCUT2D eigenvalue weighted by molar-refractivity contribution is 5.46. The van der Waals surface area contributed by atoms with Gasteiger partial charge < -0.3 is 4.90 Å². The molecule has 1 radical (unpaired) electrons. The minimum atomic E-state index is 0.778. The van der Waals surface area contributed by atoms with Crippen LogP contribution in [-0.4, -0.2) is 24.4 Å². The van der Waals surface area contributed by atoms with Crippen molar-refractivity contribution < 1.29 is 4.79 Å². The summed E-state index contributed by atoms with van der Waals surface area (Å²) in [5, 5.41) is 0. The van der Waals surface area contributed by atoms with Crippen molar-refractivity contribution in [3.8, 4) is 0 Å². The fourth-order valence-electron chi connectivity index (χ4n) is 0.488. The number of rotatable bonds is 4. The van der Waals surface area contributed by atoms with Crippen molar-refractivity contribution >= 4 is 6.41 Å². The molecule has 0 saturated heterocycles. The molecule has 0 bridgehead atoms. The summed E-state index contributed by atoms with van der Waals surface area (Å²) in [6.45, 7) is 7.14. The van der Waals surface area contributed by atoms with Crippen LogP contribution in [0.15, 0.2) is 0 Å². The minimum absolute atomic E-state index is 0.778. The summed E-state index contributed by atoms with van der Waals surface area (Å²) in [7, 11) is 0. The molecule has 2 nitrogen and oxygen atoms in total. The Balaban J connectivity index is 3.21. The van der Waals surface area contributed by atoms with Crippen LogP contribution in [0.5, 0.6) is 0 Å². The van der Waals surface area contributed by atoms with Crippen LogP contribution in [0.1, 0.15) is 13.3 Å². The number of hydrogen-bond acceptors (Lipinski definition) is 1. The number of carbonyl (C=O) groups excluding carboxylic acids is 1. The van der Waals surface area contributed by atoms with Crippen LogP contribution in [-0.2, 0) is 4.79 Å². The molecule has 2 heteroatoms. The minimum Gasteiger partial charge on any atom is -0.346 e. The Morgan fingerprint density at radius 3 is 2.50 bits per heavy atom. The zero-order valence-electron chi connectivity index (χ0n) is 5.26. The van der Waals surface area contributed by atoms with Gasteiger partial charge in [0.1, 0.15) is 0 Å². The molecule has 1 amide bonds. The maximum atomic E-state index is 10.0. The zero-order chi connectivity index (χ0) is 6.41. The predicted octanol–water partition coefficient (Wildman–Crippen LogP) is 0.689. The van der Waals surface area contributed by atoms with Crippen LogP contribution < -0.4 is 0 Å². The van der Waals surface area contributed by atoms with E-state index in [0.29, 0.717) is 0 Å². The summed E-state index contributed by atoms with van der Waals surface area (Å²) in [5.74, 6) is 0. The Hall–Kier alpha value is -0.530. The van der Waals surface area contributed by atoms with Gasteiger partial charge >= 0.3 is 0 Å². The molecule has 0 N–H and O–H groups in total. The lowest BCUT2D eigenvalue weighted by atomic mass is 10.4. The van der Waals surface area contributed by atoms with Gasteiger partial charge in [0, 0.05) is 13.1 Å². The van der Waals surface area contributed by atoms with Gasteiger partial charge in [-0.05, 0) is 13.3 Å². The molecule has 0 saturated carbocycles. The van der Waals surface area contributed by atoms with Gasteiger partial charge in [0.15, 0.2) is 0 Å². The van der Waals surface area contributed by atoms with Crippen LogP contribution in [0.3, 0.4) is 0 Å². The third-order valence-electron chi connectivity index (χ3n) is 1.00. The summed E-state index contributed by atoms with van der Waals surface area (Å²) in [6, 6.07) is 0. The largest absolute Gasteiger partial charge is 0.346 e. The van der Waals surface area contributed by atoms with E-state index in [2.05, 4.69) is 6.92 Å². The lowest BCUT2D eigenvalue weighted by Gasteiger charge is -2.11. The Bertz CT molecular complexity index is 63.5. The number of nitrogens with zero attached hydrogens (tertiary/aromatic N) is 1. The number of carbonyl (C=O) groups is 1. The molecular weight excluding hydrogens is 102 g/mol. The van der Waals surface area contributed by atoms with Gasteiger partial charge in [-0.25, -0.2) is 0 Å². The first-order chi connectivity index (χ1) is 3.85. The van der Waals surface area contributed by atoms with E-state index in [4.69, 9.17) is 0 Å². The highest BCUT2D eigenvalue weighted by Gasteiger charge is 1.91. The van der Waals surface area contributed by atoms with Crippen molar-refractivity contribution in [2.75, 3.05) is 13.1 Å². The molecule has 0 aromatic rings. The van der Waals surface area contributed by atoms with Crippen molar-refractivity contribution in [3.63, 3.8) is 0 Å². The van der Waals surface area contributed by atoms with E-state index in [1.165, 1.54) is 0 Å². The van der Waals surface area contributed by atoms with E-state index in [0.717, 1.165) is 25.9 Å². The highest BCUT2D eigenvalue weighted by atomic mass is 16.1. The Kier molecular flexibility index (Phi) is 4.32. The smallest absolute Gasteiger partial charge is 0.209 e. The molecule has 8 heavy (non-hydrogen) atoms. The fourth-order valence-corrected chi connectivity index (χ4v) is 0.488. The Morgan fingerprint density at radius 1 is 1.75 bits per heavy atom. The molecule has 0 aliphatic carbocycles. The van der Waals surface area contributed by atoms with Gasteiger partial charge in [0.05, 0.1) is 0 Å². The number of hydrogen-bond donors (Lipinski definition) is 0. The lowest BCUT2D eigenvalue weighted by molar-refractivity contribution is -0.117. The van der Waals surface area contributed by atoms with Gasteiger partial charge in [-0.3, -0.25) is 4.79 Å². The average Bonchev–Trinajstić information content (AvgIpc) is 1.83. The molecular formula is C6H12NO. The average molecular weight is 114 g/mol. The second-order valence-corrected chi connectivity index (χ2v) is 1.59. The maximum absolute atomic E-state index is 10.0. The normalized spacial score (nSPS) is 8.75. The van der Waals surface area contributed by atoms with E-state index in [1.54, 1.807) is 4.90 Å². The van der Waals surface area contributed by atoms with E-state index in [-0.39, 0.29) is 0 Å². The van der Waals surface area contributed by atoms with Crippen LogP contribution in [0.4, 0.5) is 0 Å². The molecule has 0 spiro atoms. The first kappa shape index (κ1) is 7.47. The summed E-state index contributed by atoms with van der Waals surface area (Å²) in [4.78, 5) is 11.7. The summed E-state index contributed by atoms with van der Waals surface area (Å²) in [5.41, 5.74) is 0.